The molecule has 1 heterocycles. The number of hydrogen-bond acceptors (Lipinski definition) is 5. The van der Waals surface area contributed by atoms with Gasteiger partial charge in [-0.15, -0.1) is 0 Å². The van der Waals surface area contributed by atoms with Gasteiger partial charge in [0, 0.05) is 24.7 Å². The average molecular weight is 474 g/mol. The maximum atomic E-state index is 13.2. The molecule has 1 amide bonds. The summed E-state index contributed by atoms with van der Waals surface area (Å²) in [5.74, 6) is -0.117. The Morgan fingerprint density at radius 2 is 1.94 bits per heavy atom. The fourth-order valence-electron chi connectivity index (χ4n) is 3.14. The smallest absolute Gasteiger partial charge is 0.262 e. The number of amides is 1. The molecule has 1 N–H and O–H groups in total. The lowest BCUT2D eigenvalue weighted by Gasteiger charge is -2.17. The van der Waals surface area contributed by atoms with E-state index in [0.29, 0.717) is 47.2 Å². The van der Waals surface area contributed by atoms with Crippen LogP contribution in [0.25, 0.3) is 10.9 Å². The van der Waals surface area contributed by atoms with E-state index in [1.54, 1.807) is 22.8 Å². The second kappa shape index (κ2) is 11.5. The summed E-state index contributed by atoms with van der Waals surface area (Å²) in [4.78, 5) is 30.5. The zero-order valence-electron chi connectivity index (χ0n) is 18.5. The van der Waals surface area contributed by atoms with E-state index < -0.39 is 5.25 Å². The topological polar surface area (TPSA) is 73.2 Å². The lowest BCUT2D eigenvalue weighted by Crippen LogP contribution is -2.32. The van der Waals surface area contributed by atoms with Crippen LogP contribution in [-0.2, 0) is 22.6 Å². The molecule has 32 heavy (non-hydrogen) atoms. The quantitative estimate of drug-likeness (QED) is 0.263. The minimum atomic E-state index is -0.430. The number of aromatic nitrogens is 2. The van der Waals surface area contributed by atoms with Gasteiger partial charge >= 0.3 is 0 Å². The number of nitrogens with one attached hydrogen (secondary N) is 1. The van der Waals surface area contributed by atoms with E-state index in [1.165, 1.54) is 11.8 Å². The highest BCUT2D eigenvalue weighted by Crippen LogP contribution is 2.24. The van der Waals surface area contributed by atoms with Crippen molar-refractivity contribution < 1.29 is 9.53 Å². The van der Waals surface area contributed by atoms with Gasteiger partial charge in [-0.2, -0.15) is 0 Å². The van der Waals surface area contributed by atoms with Crippen molar-refractivity contribution in [2.24, 2.45) is 0 Å². The van der Waals surface area contributed by atoms with Crippen LogP contribution in [0.4, 0.5) is 0 Å². The molecule has 3 rings (SSSR count). The first-order chi connectivity index (χ1) is 15.3. The largest absolute Gasteiger partial charge is 0.379 e. The molecule has 0 spiro atoms. The molecule has 170 valence electrons. The molecule has 0 radical (unpaired) electrons. The standard InChI is InChI=1S/C24H28ClN3O3S/c1-16(2)31-13-7-12-28-23(30)20-11-10-19(25)14-21(20)27-24(28)32-17(3)22(29)26-15-18-8-5-4-6-9-18/h4-6,8-11,14,16-17H,7,12-13,15H2,1-3H3,(H,26,29). The second-order valence-electron chi connectivity index (χ2n) is 7.75. The highest BCUT2D eigenvalue weighted by atomic mass is 35.5. The van der Waals surface area contributed by atoms with Gasteiger partial charge in [-0.05, 0) is 51.0 Å². The van der Waals surface area contributed by atoms with Gasteiger partial charge < -0.3 is 10.1 Å². The van der Waals surface area contributed by atoms with Gasteiger partial charge in [0.25, 0.3) is 5.56 Å². The summed E-state index contributed by atoms with van der Waals surface area (Å²) < 4.78 is 7.25. The van der Waals surface area contributed by atoms with Crippen LogP contribution in [0.5, 0.6) is 0 Å². The number of ether oxygens (including phenoxy) is 1. The summed E-state index contributed by atoms with van der Waals surface area (Å²) in [6.07, 6.45) is 0.798. The Bertz CT molecular complexity index is 1120. The summed E-state index contributed by atoms with van der Waals surface area (Å²) in [5.41, 5.74) is 1.41. The van der Waals surface area contributed by atoms with E-state index in [-0.39, 0.29) is 17.6 Å². The Hall–Kier alpha value is -2.35. The summed E-state index contributed by atoms with van der Waals surface area (Å²) in [7, 11) is 0. The Labute approximate surface area is 197 Å². The van der Waals surface area contributed by atoms with Gasteiger partial charge in [-0.3, -0.25) is 14.2 Å². The Balaban J connectivity index is 1.79. The third kappa shape index (κ3) is 6.58. The molecule has 8 heteroatoms. The summed E-state index contributed by atoms with van der Waals surface area (Å²) in [6.45, 7) is 7.21. The number of nitrogens with zero attached hydrogens (tertiary/aromatic N) is 2. The number of fused-ring (bicyclic) bond motifs is 1. The van der Waals surface area contributed by atoms with E-state index in [2.05, 4.69) is 10.3 Å². The molecule has 6 nitrogen and oxygen atoms in total. The molecule has 0 saturated carbocycles. The minimum Gasteiger partial charge on any atom is -0.379 e. The Morgan fingerprint density at radius 3 is 2.66 bits per heavy atom. The van der Waals surface area contributed by atoms with Crippen LogP contribution in [0.2, 0.25) is 5.02 Å². The van der Waals surface area contributed by atoms with Gasteiger partial charge in [0.05, 0.1) is 22.3 Å². The summed E-state index contributed by atoms with van der Waals surface area (Å²) in [6, 6.07) is 14.8. The zero-order valence-corrected chi connectivity index (χ0v) is 20.1. The third-order valence-corrected chi connectivity index (χ3v) is 6.15. The van der Waals surface area contributed by atoms with Crippen molar-refractivity contribution in [3.8, 4) is 0 Å². The second-order valence-corrected chi connectivity index (χ2v) is 9.49. The van der Waals surface area contributed by atoms with E-state index in [4.69, 9.17) is 16.3 Å². The van der Waals surface area contributed by atoms with Crippen LogP contribution >= 0.6 is 23.4 Å². The van der Waals surface area contributed by atoms with Gasteiger partial charge in [0.1, 0.15) is 0 Å². The predicted octanol–water partition coefficient (Wildman–Crippen LogP) is 4.66. The number of carbonyl (C=O) groups excluding carboxylic acids is 1. The Kier molecular flexibility index (Phi) is 8.73. The van der Waals surface area contributed by atoms with Crippen molar-refractivity contribution in [1.82, 2.24) is 14.9 Å². The van der Waals surface area contributed by atoms with Gasteiger partial charge in [-0.1, -0.05) is 53.7 Å². The van der Waals surface area contributed by atoms with Crippen molar-refractivity contribution in [2.75, 3.05) is 6.61 Å². The van der Waals surface area contributed by atoms with Crippen LogP contribution in [0.3, 0.4) is 0 Å². The first-order valence-corrected chi connectivity index (χ1v) is 11.9. The van der Waals surface area contributed by atoms with E-state index >= 15 is 0 Å². The molecular formula is C24H28ClN3O3S. The number of hydrogen-bond donors (Lipinski definition) is 1. The van der Waals surface area contributed by atoms with E-state index in [1.807, 2.05) is 51.1 Å². The molecule has 1 aromatic heterocycles. The number of thioether (sulfide) groups is 1. The highest BCUT2D eigenvalue weighted by molar-refractivity contribution is 8.00. The molecule has 0 fully saturated rings. The van der Waals surface area contributed by atoms with Gasteiger partial charge in [0.15, 0.2) is 5.16 Å². The third-order valence-electron chi connectivity index (χ3n) is 4.82. The van der Waals surface area contributed by atoms with Crippen molar-refractivity contribution in [3.05, 3.63) is 69.5 Å². The molecule has 1 atom stereocenters. The maximum Gasteiger partial charge on any atom is 0.262 e. The summed E-state index contributed by atoms with van der Waals surface area (Å²) in [5, 5.41) is 4.03. The van der Waals surface area contributed by atoms with Gasteiger partial charge in [0.2, 0.25) is 5.91 Å². The van der Waals surface area contributed by atoms with E-state index in [9.17, 15) is 9.59 Å². The molecule has 0 aliphatic carbocycles. The van der Waals surface area contributed by atoms with Crippen LogP contribution in [-0.4, -0.2) is 33.4 Å². The fraction of sp³-hybridized carbons (Fsp3) is 0.375. The van der Waals surface area contributed by atoms with E-state index in [0.717, 1.165) is 5.56 Å². The molecule has 3 aromatic rings. The Morgan fingerprint density at radius 1 is 1.19 bits per heavy atom. The van der Waals surface area contributed by atoms with Crippen molar-refractivity contribution in [3.63, 3.8) is 0 Å². The molecule has 0 aliphatic heterocycles. The molecular weight excluding hydrogens is 446 g/mol. The fourth-order valence-corrected chi connectivity index (χ4v) is 4.27. The molecule has 0 aliphatic rings. The monoisotopic (exact) mass is 473 g/mol. The zero-order chi connectivity index (χ0) is 23.1. The van der Waals surface area contributed by atoms with Crippen molar-refractivity contribution >= 4 is 40.2 Å². The molecule has 2 aromatic carbocycles. The maximum absolute atomic E-state index is 13.2. The van der Waals surface area contributed by atoms with Crippen LogP contribution in [0.1, 0.15) is 32.8 Å². The first-order valence-electron chi connectivity index (χ1n) is 10.6. The SMILES string of the molecule is CC(C)OCCCn1c(SC(C)C(=O)NCc2ccccc2)nc2cc(Cl)ccc2c1=O. The molecule has 0 bridgehead atoms. The van der Waals surface area contributed by atoms with Crippen LogP contribution < -0.4 is 10.9 Å². The lowest BCUT2D eigenvalue weighted by molar-refractivity contribution is -0.120. The molecule has 0 saturated heterocycles. The number of benzene rings is 2. The molecule has 1 unspecified atom stereocenters. The average Bonchev–Trinajstić information content (AvgIpc) is 2.77. The highest BCUT2D eigenvalue weighted by Gasteiger charge is 2.19. The number of halogens is 1. The predicted molar refractivity (Wildman–Crippen MR) is 130 cm³/mol. The first kappa shape index (κ1) is 24.3. The lowest BCUT2D eigenvalue weighted by atomic mass is 10.2. The minimum absolute atomic E-state index is 0.117. The number of carbonyl (C=O) groups is 1. The van der Waals surface area contributed by atoms with Gasteiger partial charge in [-0.25, -0.2) is 4.98 Å². The van der Waals surface area contributed by atoms with Crippen molar-refractivity contribution in [2.45, 2.75) is 56.8 Å². The van der Waals surface area contributed by atoms with Crippen molar-refractivity contribution in [1.29, 1.82) is 0 Å². The summed E-state index contributed by atoms with van der Waals surface area (Å²) >= 11 is 7.38. The number of rotatable bonds is 10. The van der Waals surface area contributed by atoms with Crippen LogP contribution in [0, 0.1) is 0 Å². The van der Waals surface area contributed by atoms with Crippen LogP contribution in [0.15, 0.2) is 58.5 Å². The normalized spacial score (nSPS) is 12.3.